The van der Waals surface area contributed by atoms with Crippen LogP contribution in [0.5, 0.6) is 11.5 Å². The molecule has 0 aromatic heterocycles. The summed E-state index contributed by atoms with van der Waals surface area (Å²) in [5.41, 5.74) is -0.211. The second-order valence-electron chi connectivity index (χ2n) is 8.20. The predicted octanol–water partition coefficient (Wildman–Crippen LogP) is 3.39. The maximum Gasteiger partial charge on any atom is 0.349 e. The molecule has 0 fully saturated rings. The van der Waals surface area contributed by atoms with E-state index in [1.165, 1.54) is 69.7 Å². The van der Waals surface area contributed by atoms with E-state index in [2.05, 4.69) is 5.32 Å². The van der Waals surface area contributed by atoms with Crippen molar-refractivity contribution in [1.29, 1.82) is 0 Å². The van der Waals surface area contributed by atoms with Crippen LogP contribution in [0.25, 0.3) is 0 Å². The summed E-state index contributed by atoms with van der Waals surface area (Å²) in [6, 6.07) is 14.9. The summed E-state index contributed by atoms with van der Waals surface area (Å²) in [6.45, 7) is 1.54. The molecular formula is C27H24N2O11. The topological polar surface area (TPSA) is 181 Å². The lowest BCUT2D eigenvalue weighted by atomic mass is 10.1. The van der Waals surface area contributed by atoms with Crippen LogP contribution < -0.4 is 14.8 Å². The number of non-ortho nitro benzene ring substituents is 1. The third-order valence-corrected chi connectivity index (χ3v) is 5.55. The number of nitrogens with one attached hydrogen (secondary N) is 1. The molecule has 0 unspecified atom stereocenters. The number of carbonyl (C=O) groups is 4. The first-order valence-corrected chi connectivity index (χ1v) is 11.5. The molecule has 13 heteroatoms. The SMILES string of the molecule is COc1cccc(C(=O)O[C@H](C(=O)O)[C@@H](OC(=O)c2cccc(OC)c2)C(=O)Nc2cc([N+](=O)[O-])ccc2C)c1. The number of aryl methyl sites for hydroxylation is 1. The van der Waals surface area contributed by atoms with Gasteiger partial charge in [0.25, 0.3) is 11.6 Å². The lowest BCUT2D eigenvalue weighted by molar-refractivity contribution is -0.384. The van der Waals surface area contributed by atoms with E-state index in [-0.39, 0.29) is 34.0 Å². The molecule has 208 valence electrons. The minimum atomic E-state index is -2.31. The van der Waals surface area contributed by atoms with Gasteiger partial charge in [0.1, 0.15) is 11.5 Å². The van der Waals surface area contributed by atoms with E-state index in [4.69, 9.17) is 18.9 Å². The molecule has 3 rings (SSSR count). The molecule has 2 atom stereocenters. The van der Waals surface area contributed by atoms with Crippen molar-refractivity contribution in [3.8, 4) is 11.5 Å². The smallest absolute Gasteiger partial charge is 0.349 e. The van der Waals surface area contributed by atoms with E-state index in [1.807, 2.05) is 0 Å². The summed E-state index contributed by atoms with van der Waals surface area (Å²) in [6.07, 6.45) is -4.53. The van der Waals surface area contributed by atoms with Gasteiger partial charge >= 0.3 is 17.9 Å². The Bertz CT molecular complexity index is 1450. The average molecular weight is 552 g/mol. The van der Waals surface area contributed by atoms with Crippen molar-refractivity contribution in [2.45, 2.75) is 19.1 Å². The van der Waals surface area contributed by atoms with Gasteiger partial charge in [0, 0.05) is 12.1 Å². The molecular weight excluding hydrogens is 528 g/mol. The predicted molar refractivity (Wildman–Crippen MR) is 138 cm³/mol. The van der Waals surface area contributed by atoms with E-state index in [9.17, 15) is 34.4 Å². The van der Waals surface area contributed by atoms with Gasteiger partial charge in [-0.3, -0.25) is 14.9 Å². The van der Waals surface area contributed by atoms with Gasteiger partial charge in [-0.15, -0.1) is 0 Å². The number of hydrogen-bond donors (Lipinski definition) is 2. The average Bonchev–Trinajstić information content (AvgIpc) is 2.95. The number of nitrogens with zero attached hydrogens (tertiary/aromatic N) is 1. The highest BCUT2D eigenvalue weighted by Crippen LogP contribution is 2.24. The van der Waals surface area contributed by atoms with E-state index in [0.717, 1.165) is 6.07 Å². The summed E-state index contributed by atoms with van der Waals surface area (Å²) in [5.74, 6) is -4.73. The third kappa shape index (κ3) is 7.10. The van der Waals surface area contributed by atoms with E-state index < -0.39 is 40.9 Å². The molecule has 3 aromatic carbocycles. The van der Waals surface area contributed by atoms with E-state index >= 15 is 0 Å². The number of esters is 2. The summed E-state index contributed by atoms with van der Waals surface area (Å²) in [5, 5.41) is 23.4. The van der Waals surface area contributed by atoms with Crippen LogP contribution >= 0.6 is 0 Å². The molecule has 13 nitrogen and oxygen atoms in total. The number of nitro groups is 1. The van der Waals surface area contributed by atoms with Crippen LogP contribution in [0.1, 0.15) is 26.3 Å². The fraction of sp³-hybridized carbons (Fsp3) is 0.185. The van der Waals surface area contributed by atoms with E-state index in [1.54, 1.807) is 12.1 Å². The zero-order chi connectivity index (χ0) is 29.4. The Balaban J connectivity index is 1.98. The lowest BCUT2D eigenvalue weighted by Crippen LogP contribution is -2.48. The van der Waals surface area contributed by atoms with Crippen LogP contribution in [0.4, 0.5) is 11.4 Å². The van der Waals surface area contributed by atoms with Crippen molar-refractivity contribution in [2.24, 2.45) is 0 Å². The van der Waals surface area contributed by atoms with Gasteiger partial charge in [-0.2, -0.15) is 0 Å². The Kier molecular flexibility index (Phi) is 9.36. The molecule has 0 radical (unpaired) electrons. The van der Waals surface area contributed by atoms with Gasteiger partial charge < -0.3 is 29.4 Å². The standard InChI is InChI=1S/C27H24N2O11/c1-15-10-11-18(29(35)36)14-21(15)28-24(30)22(39-26(33)16-6-4-8-19(12-16)37-2)23(25(31)32)40-27(34)17-7-5-9-20(13-17)38-3/h4-14,22-23H,1-3H3,(H,28,30)(H,31,32)/t22-,23+/m1/s1. The quantitative estimate of drug-likeness (QED) is 0.202. The van der Waals surface area contributed by atoms with Crippen molar-refractivity contribution in [2.75, 3.05) is 19.5 Å². The number of amides is 1. The number of carboxylic acids is 1. The number of hydrogen-bond acceptors (Lipinski definition) is 10. The fourth-order valence-electron chi connectivity index (χ4n) is 3.42. The Morgan fingerprint density at radius 1 is 0.825 bits per heavy atom. The molecule has 0 aliphatic rings. The van der Waals surface area contributed by atoms with Crippen molar-refractivity contribution in [1.82, 2.24) is 0 Å². The number of carbonyl (C=O) groups excluding carboxylic acids is 3. The minimum absolute atomic E-state index is 0.0510. The zero-order valence-corrected chi connectivity index (χ0v) is 21.5. The number of ether oxygens (including phenoxy) is 4. The van der Waals surface area contributed by atoms with Gasteiger partial charge in [0.05, 0.1) is 36.0 Å². The first-order chi connectivity index (χ1) is 19.0. The number of nitro benzene ring substituents is 1. The van der Waals surface area contributed by atoms with Crippen molar-refractivity contribution in [3.05, 3.63) is 93.5 Å². The van der Waals surface area contributed by atoms with Crippen molar-refractivity contribution >= 4 is 35.2 Å². The fourth-order valence-corrected chi connectivity index (χ4v) is 3.42. The molecule has 0 saturated heterocycles. The molecule has 1 amide bonds. The molecule has 0 bridgehead atoms. The Labute approximate surface area is 227 Å². The monoisotopic (exact) mass is 552 g/mol. The molecule has 2 N–H and O–H groups in total. The van der Waals surface area contributed by atoms with Gasteiger partial charge in [-0.05, 0) is 48.9 Å². The number of aliphatic carboxylic acids is 1. The van der Waals surface area contributed by atoms with Gasteiger partial charge in [-0.25, -0.2) is 14.4 Å². The number of anilines is 1. The highest BCUT2D eigenvalue weighted by molar-refractivity contribution is 6.02. The van der Waals surface area contributed by atoms with Crippen molar-refractivity contribution < 1.29 is 48.2 Å². The second-order valence-corrected chi connectivity index (χ2v) is 8.20. The summed E-state index contributed by atoms with van der Waals surface area (Å²) < 4.78 is 20.5. The van der Waals surface area contributed by atoms with Crippen LogP contribution in [0.15, 0.2) is 66.7 Å². The molecule has 0 aliphatic heterocycles. The maximum absolute atomic E-state index is 13.3. The minimum Gasteiger partial charge on any atom is -0.497 e. The van der Waals surface area contributed by atoms with Crippen LogP contribution in [0.2, 0.25) is 0 Å². The van der Waals surface area contributed by atoms with E-state index in [0.29, 0.717) is 5.56 Å². The molecule has 0 spiro atoms. The highest BCUT2D eigenvalue weighted by Gasteiger charge is 2.41. The Morgan fingerprint density at radius 2 is 1.35 bits per heavy atom. The number of rotatable bonds is 11. The number of carboxylic acid groups (broad SMARTS) is 1. The first kappa shape index (κ1) is 29.1. The van der Waals surface area contributed by atoms with Crippen LogP contribution in [0.3, 0.4) is 0 Å². The second kappa shape index (κ2) is 12.9. The van der Waals surface area contributed by atoms with Crippen LogP contribution in [-0.4, -0.2) is 60.3 Å². The van der Waals surface area contributed by atoms with Crippen LogP contribution in [-0.2, 0) is 19.1 Å². The summed E-state index contributed by atoms with van der Waals surface area (Å²) in [4.78, 5) is 61.9. The largest absolute Gasteiger partial charge is 0.497 e. The summed E-state index contributed by atoms with van der Waals surface area (Å²) in [7, 11) is 2.72. The number of benzene rings is 3. The Morgan fingerprint density at radius 3 is 1.82 bits per heavy atom. The van der Waals surface area contributed by atoms with Crippen molar-refractivity contribution in [3.63, 3.8) is 0 Å². The zero-order valence-electron chi connectivity index (χ0n) is 21.5. The van der Waals surface area contributed by atoms with Gasteiger partial charge in [-0.1, -0.05) is 18.2 Å². The molecule has 0 heterocycles. The maximum atomic E-state index is 13.3. The van der Waals surface area contributed by atoms with Gasteiger partial charge in [0.2, 0.25) is 12.2 Å². The van der Waals surface area contributed by atoms with Crippen LogP contribution in [0, 0.1) is 17.0 Å². The normalized spacial score (nSPS) is 11.9. The molecule has 0 saturated carbocycles. The molecule has 3 aromatic rings. The highest BCUT2D eigenvalue weighted by atomic mass is 16.6. The molecule has 40 heavy (non-hydrogen) atoms. The lowest BCUT2D eigenvalue weighted by Gasteiger charge is -2.24. The third-order valence-electron chi connectivity index (χ3n) is 5.55. The number of methoxy groups -OCH3 is 2. The van der Waals surface area contributed by atoms with Gasteiger partial charge in [0.15, 0.2) is 0 Å². The summed E-state index contributed by atoms with van der Waals surface area (Å²) >= 11 is 0. The molecule has 0 aliphatic carbocycles. The first-order valence-electron chi connectivity index (χ1n) is 11.5. The Hall–Kier alpha value is -5.46.